The van der Waals surface area contributed by atoms with E-state index in [0.717, 1.165) is 44.3 Å². The van der Waals surface area contributed by atoms with Crippen molar-refractivity contribution in [3.05, 3.63) is 22.8 Å². The van der Waals surface area contributed by atoms with Gasteiger partial charge in [0, 0.05) is 12.0 Å². The average molecular weight is 233 g/mol. The van der Waals surface area contributed by atoms with E-state index >= 15 is 0 Å². The van der Waals surface area contributed by atoms with Crippen LogP contribution in [0.3, 0.4) is 0 Å². The van der Waals surface area contributed by atoms with Crippen LogP contribution in [0.15, 0.2) is 0 Å². The van der Waals surface area contributed by atoms with Crippen LogP contribution >= 0.6 is 0 Å². The maximum Gasteiger partial charge on any atom is 0.125 e. The lowest BCUT2D eigenvalue weighted by atomic mass is 9.97. The first-order valence-corrected chi connectivity index (χ1v) is 6.46. The molecule has 0 saturated carbocycles. The predicted molar refractivity (Wildman–Crippen MR) is 64.8 cm³/mol. The van der Waals surface area contributed by atoms with Crippen molar-refractivity contribution < 1.29 is 4.74 Å². The SMILES string of the molecule is Cc1nc2c(c(CC3CCNC3)n1)COCC2. The molecule has 0 radical (unpaired) electrons. The fourth-order valence-corrected chi connectivity index (χ4v) is 2.76. The molecule has 1 fully saturated rings. The highest BCUT2D eigenvalue weighted by Gasteiger charge is 2.21. The molecule has 1 aromatic heterocycles. The number of hydrogen-bond acceptors (Lipinski definition) is 4. The molecule has 4 heteroatoms. The number of aryl methyl sites for hydroxylation is 1. The smallest absolute Gasteiger partial charge is 0.125 e. The molecule has 0 bridgehead atoms. The first-order chi connectivity index (χ1) is 8.33. The molecule has 3 heterocycles. The maximum atomic E-state index is 5.55. The van der Waals surface area contributed by atoms with E-state index in [1.165, 1.54) is 23.4 Å². The Hall–Kier alpha value is -1.00. The topological polar surface area (TPSA) is 47.0 Å². The Morgan fingerprint density at radius 2 is 2.35 bits per heavy atom. The summed E-state index contributed by atoms with van der Waals surface area (Å²) >= 11 is 0. The zero-order chi connectivity index (χ0) is 11.7. The minimum atomic E-state index is 0.699. The molecule has 3 rings (SSSR count). The van der Waals surface area contributed by atoms with Crippen LogP contribution in [0.4, 0.5) is 0 Å². The highest BCUT2D eigenvalue weighted by molar-refractivity contribution is 5.27. The van der Waals surface area contributed by atoms with Crippen LogP contribution in [0.25, 0.3) is 0 Å². The van der Waals surface area contributed by atoms with Gasteiger partial charge in [-0.15, -0.1) is 0 Å². The number of aromatic nitrogens is 2. The van der Waals surface area contributed by atoms with Gasteiger partial charge in [-0.2, -0.15) is 0 Å². The van der Waals surface area contributed by atoms with Crippen molar-refractivity contribution in [1.82, 2.24) is 15.3 Å². The van der Waals surface area contributed by atoms with Gasteiger partial charge in [0.1, 0.15) is 5.82 Å². The zero-order valence-electron chi connectivity index (χ0n) is 10.3. The second-order valence-corrected chi connectivity index (χ2v) is 5.01. The predicted octanol–water partition coefficient (Wildman–Crippen LogP) is 1.01. The third-order valence-corrected chi connectivity index (χ3v) is 3.66. The summed E-state index contributed by atoms with van der Waals surface area (Å²) in [6.45, 7) is 5.76. The molecule has 1 unspecified atom stereocenters. The fraction of sp³-hybridized carbons (Fsp3) is 0.692. The number of hydrogen-bond donors (Lipinski definition) is 1. The molecule has 2 aliphatic heterocycles. The molecule has 1 atom stereocenters. The summed E-state index contributed by atoms with van der Waals surface area (Å²) < 4.78 is 5.55. The Morgan fingerprint density at radius 3 is 3.18 bits per heavy atom. The first-order valence-electron chi connectivity index (χ1n) is 6.46. The standard InChI is InChI=1S/C13H19N3O/c1-9-15-12-3-5-17-8-11(12)13(16-9)6-10-2-4-14-7-10/h10,14H,2-8H2,1H3. The third-order valence-electron chi connectivity index (χ3n) is 3.66. The zero-order valence-corrected chi connectivity index (χ0v) is 10.3. The van der Waals surface area contributed by atoms with Crippen molar-refractivity contribution in [3.8, 4) is 0 Å². The van der Waals surface area contributed by atoms with Crippen LogP contribution < -0.4 is 5.32 Å². The highest BCUT2D eigenvalue weighted by Crippen LogP contribution is 2.22. The molecule has 1 N–H and O–H groups in total. The first kappa shape index (κ1) is 11.1. The van der Waals surface area contributed by atoms with Crippen LogP contribution in [0.5, 0.6) is 0 Å². The number of nitrogens with zero attached hydrogens (tertiary/aromatic N) is 2. The Balaban J connectivity index is 1.88. The number of fused-ring (bicyclic) bond motifs is 1. The molecule has 0 aromatic carbocycles. The van der Waals surface area contributed by atoms with Gasteiger partial charge in [-0.05, 0) is 38.8 Å². The van der Waals surface area contributed by atoms with Crippen molar-refractivity contribution in [2.24, 2.45) is 5.92 Å². The van der Waals surface area contributed by atoms with E-state index in [2.05, 4.69) is 15.3 Å². The molecule has 1 aromatic rings. The van der Waals surface area contributed by atoms with E-state index in [4.69, 9.17) is 4.74 Å². The van der Waals surface area contributed by atoms with Gasteiger partial charge in [-0.1, -0.05) is 0 Å². The molecule has 2 aliphatic rings. The summed E-state index contributed by atoms with van der Waals surface area (Å²) in [6.07, 6.45) is 3.27. The minimum Gasteiger partial charge on any atom is -0.376 e. The Kier molecular flexibility index (Phi) is 3.07. The molecule has 92 valence electrons. The largest absolute Gasteiger partial charge is 0.376 e. The van der Waals surface area contributed by atoms with Gasteiger partial charge in [0.2, 0.25) is 0 Å². The number of rotatable bonds is 2. The van der Waals surface area contributed by atoms with Crippen LogP contribution in [0.1, 0.15) is 29.2 Å². The highest BCUT2D eigenvalue weighted by atomic mass is 16.5. The van der Waals surface area contributed by atoms with Gasteiger partial charge in [-0.3, -0.25) is 0 Å². The van der Waals surface area contributed by atoms with Gasteiger partial charge in [0.25, 0.3) is 0 Å². The van der Waals surface area contributed by atoms with Gasteiger partial charge >= 0.3 is 0 Å². The maximum absolute atomic E-state index is 5.55. The van der Waals surface area contributed by atoms with E-state index in [-0.39, 0.29) is 0 Å². The Labute approximate surface area is 102 Å². The summed E-state index contributed by atoms with van der Waals surface area (Å²) in [5.41, 5.74) is 3.69. The van der Waals surface area contributed by atoms with Gasteiger partial charge in [0.05, 0.1) is 24.6 Å². The monoisotopic (exact) mass is 233 g/mol. The van der Waals surface area contributed by atoms with Crippen molar-refractivity contribution in [2.45, 2.75) is 32.8 Å². The van der Waals surface area contributed by atoms with E-state index in [9.17, 15) is 0 Å². The van der Waals surface area contributed by atoms with E-state index < -0.39 is 0 Å². The van der Waals surface area contributed by atoms with Crippen molar-refractivity contribution in [2.75, 3.05) is 19.7 Å². The van der Waals surface area contributed by atoms with Gasteiger partial charge in [-0.25, -0.2) is 9.97 Å². The number of ether oxygens (including phenoxy) is 1. The second kappa shape index (κ2) is 4.70. The lowest BCUT2D eigenvalue weighted by molar-refractivity contribution is 0.107. The lowest BCUT2D eigenvalue weighted by Crippen LogP contribution is -2.19. The van der Waals surface area contributed by atoms with Crippen LogP contribution in [0, 0.1) is 12.8 Å². The number of nitrogens with one attached hydrogen (secondary N) is 1. The summed E-state index contributed by atoms with van der Waals surface area (Å²) in [5.74, 6) is 1.64. The Morgan fingerprint density at radius 1 is 1.41 bits per heavy atom. The second-order valence-electron chi connectivity index (χ2n) is 5.01. The van der Waals surface area contributed by atoms with E-state index in [1.54, 1.807) is 0 Å². The third kappa shape index (κ3) is 2.33. The summed E-state index contributed by atoms with van der Waals surface area (Å²) in [6, 6.07) is 0. The summed E-state index contributed by atoms with van der Waals surface area (Å²) in [7, 11) is 0. The van der Waals surface area contributed by atoms with Gasteiger partial charge in [0.15, 0.2) is 0 Å². The quantitative estimate of drug-likeness (QED) is 0.828. The van der Waals surface area contributed by atoms with Crippen LogP contribution in [-0.2, 0) is 24.2 Å². The normalized spacial score (nSPS) is 23.7. The van der Waals surface area contributed by atoms with Crippen molar-refractivity contribution >= 4 is 0 Å². The van der Waals surface area contributed by atoms with Crippen LogP contribution in [0.2, 0.25) is 0 Å². The molecular formula is C13H19N3O. The minimum absolute atomic E-state index is 0.699. The lowest BCUT2D eigenvalue weighted by Gasteiger charge is -2.20. The van der Waals surface area contributed by atoms with Gasteiger partial charge < -0.3 is 10.1 Å². The fourth-order valence-electron chi connectivity index (χ4n) is 2.76. The molecule has 0 amide bonds. The van der Waals surface area contributed by atoms with E-state index in [1.807, 2.05) is 6.92 Å². The summed E-state index contributed by atoms with van der Waals surface area (Å²) in [4.78, 5) is 9.17. The van der Waals surface area contributed by atoms with Crippen LogP contribution in [-0.4, -0.2) is 29.7 Å². The average Bonchev–Trinajstić information content (AvgIpc) is 2.81. The summed E-state index contributed by atoms with van der Waals surface area (Å²) in [5, 5.41) is 3.41. The molecule has 4 nitrogen and oxygen atoms in total. The molecule has 0 spiro atoms. The van der Waals surface area contributed by atoms with E-state index in [0.29, 0.717) is 6.61 Å². The Bertz CT molecular complexity index is 413. The molecule has 1 saturated heterocycles. The van der Waals surface area contributed by atoms with Crippen molar-refractivity contribution in [3.63, 3.8) is 0 Å². The molecular weight excluding hydrogens is 214 g/mol. The molecule has 0 aliphatic carbocycles. The van der Waals surface area contributed by atoms with Crippen molar-refractivity contribution in [1.29, 1.82) is 0 Å². The molecule has 17 heavy (non-hydrogen) atoms.